The number of nitrogens with one attached hydrogen (secondary N) is 4. The van der Waals surface area contributed by atoms with Gasteiger partial charge in [-0.1, -0.05) is 30.3 Å². The van der Waals surface area contributed by atoms with Crippen LogP contribution in [0.5, 0.6) is 0 Å². The number of rotatable bonds is 19. The number of benzene rings is 1. The molecule has 7 N–H and O–H groups in total. The Morgan fingerprint density at radius 2 is 1.48 bits per heavy atom. The summed E-state index contributed by atoms with van der Waals surface area (Å²) in [5.41, 5.74) is 6.28. The second-order valence-corrected chi connectivity index (χ2v) is 13.6. The maximum absolute atomic E-state index is 13.9. The van der Waals surface area contributed by atoms with Crippen LogP contribution in [0.3, 0.4) is 0 Å². The number of amides is 6. The highest BCUT2D eigenvalue weighted by Gasteiger charge is 2.41. The Kier molecular flexibility index (Phi) is 16.5. The van der Waals surface area contributed by atoms with Crippen LogP contribution in [0.15, 0.2) is 30.3 Å². The molecule has 2 aliphatic heterocycles. The van der Waals surface area contributed by atoms with E-state index in [-0.39, 0.29) is 31.8 Å². The lowest BCUT2D eigenvalue weighted by Gasteiger charge is -2.31. The maximum atomic E-state index is 13.9. The van der Waals surface area contributed by atoms with Crippen molar-refractivity contribution >= 4 is 53.2 Å². The topological polar surface area (TPSA) is 220 Å². The van der Waals surface area contributed by atoms with Crippen LogP contribution in [0, 0.1) is 0 Å². The van der Waals surface area contributed by atoms with Crippen LogP contribution in [0.4, 0.5) is 0 Å². The molecule has 0 spiro atoms. The van der Waals surface area contributed by atoms with Crippen molar-refractivity contribution < 1.29 is 38.7 Å². The fourth-order valence-corrected chi connectivity index (χ4v) is 6.79. The summed E-state index contributed by atoms with van der Waals surface area (Å²) in [7, 11) is 0. The average molecular weight is 718 g/mol. The molecule has 3 rings (SSSR count). The van der Waals surface area contributed by atoms with Crippen LogP contribution in [0.1, 0.15) is 63.9 Å². The summed E-state index contributed by atoms with van der Waals surface area (Å²) in [4.78, 5) is 93.3. The molecule has 0 aliphatic carbocycles. The predicted molar refractivity (Wildman–Crippen MR) is 188 cm³/mol. The first-order valence-corrected chi connectivity index (χ1v) is 18.6. The minimum Gasteiger partial charge on any atom is -0.480 e. The Morgan fingerprint density at radius 3 is 2.08 bits per heavy atom. The van der Waals surface area contributed by atoms with Gasteiger partial charge in [0, 0.05) is 26.4 Å². The molecule has 15 nitrogen and oxygen atoms in total. The molecule has 2 fully saturated rings. The van der Waals surface area contributed by atoms with E-state index in [9.17, 15) is 38.7 Å². The van der Waals surface area contributed by atoms with Crippen molar-refractivity contribution in [2.75, 3.05) is 38.2 Å². The zero-order chi connectivity index (χ0) is 36.6. The minimum atomic E-state index is -1.19. The van der Waals surface area contributed by atoms with Gasteiger partial charge in [-0.2, -0.15) is 11.8 Å². The predicted octanol–water partition coefficient (Wildman–Crippen LogP) is -0.232. The summed E-state index contributed by atoms with van der Waals surface area (Å²) in [6, 6.07) is 4.22. The van der Waals surface area contributed by atoms with Crippen molar-refractivity contribution in [1.82, 2.24) is 31.1 Å². The Morgan fingerprint density at radius 1 is 0.860 bits per heavy atom. The zero-order valence-electron chi connectivity index (χ0n) is 28.9. The fraction of sp³-hybridized carbons (Fsp3) is 0.618. The lowest BCUT2D eigenvalue weighted by Crippen LogP contribution is -2.58. The number of nitrogens with zero attached hydrogens (tertiary/aromatic N) is 2. The van der Waals surface area contributed by atoms with E-state index < -0.39 is 65.7 Å². The summed E-state index contributed by atoms with van der Waals surface area (Å²) in [5.74, 6) is -3.51. The smallest absolute Gasteiger partial charge is 0.326 e. The minimum absolute atomic E-state index is 0.0833. The number of nitrogens with two attached hydrogens (primary N) is 1. The van der Waals surface area contributed by atoms with Gasteiger partial charge in [0.1, 0.15) is 30.2 Å². The number of thioether (sulfide) groups is 1. The van der Waals surface area contributed by atoms with Crippen LogP contribution in [-0.4, -0.2) is 125 Å². The molecule has 0 unspecified atom stereocenters. The maximum Gasteiger partial charge on any atom is 0.326 e. The summed E-state index contributed by atoms with van der Waals surface area (Å²) in [5, 5.41) is 20.4. The molecule has 2 heterocycles. The number of hydrogen-bond acceptors (Lipinski definition) is 9. The van der Waals surface area contributed by atoms with E-state index in [1.807, 2.05) is 12.3 Å². The first-order valence-electron chi connectivity index (χ1n) is 17.2. The summed E-state index contributed by atoms with van der Waals surface area (Å²) >= 11 is 1.49. The van der Waals surface area contributed by atoms with Gasteiger partial charge in [0.25, 0.3) is 0 Å². The molecular formula is C34H51N7O8S. The molecule has 2 saturated heterocycles. The molecule has 0 saturated carbocycles. The monoisotopic (exact) mass is 717 g/mol. The number of aliphatic carboxylic acids is 1. The van der Waals surface area contributed by atoms with Gasteiger partial charge >= 0.3 is 5.97 Å². The molecule has 0 radical (unpaired) electrons. The van der Waals surface area contributed by atoms with E-state index in [0.717, 1.165) is 5.56 Å². The third-order valence-electron chi connectivity index (χ3n) is 8.89. The van der Waals surface area contributed by atoms with Crippen molar-refractivity contribution in [3.05, 3.63) is 35.9 Å². The van der Waals surface area contributed by atoms with Crippen molar-refractivity contribution in [1.29, 1.82) is 0 Å². The lowest BCUT2D eigenvalue weighted by molar-refractivity contribution is -0.145. The van der Waals surface area contributed by atoms with Crippen LogP contribution in [0.25, 0.3) is 0 Å². The van der Waals surface area contributed by atoms with Gasteiger partial charge in [0.15, 0.2) is 0 Å². The highest BCUT2D eigenvalue weighted by atomic mass is 32.2. The normalized spacial score (nSPS) is 18.9. The zero-order valence-corrected chi connectivity index (χ0v) is 29.7. The SMILES string of the molecule is CSCC[C@H](NC(=O)[C@@H]1CCCN1C(=O)CNC(=O)[C@H](CCCCN)NC(C)=O)C(=O)N1CCC[C@H]1C(=O)N[C@@H](Cc1ccccc1)C(=O)O. The van der Waals surface area contributed by atoms with Gasteiger partial charge in [0.2, 0.25) is 35.4 Å². The third kappa shape index (κ3) is 12.0. The standard InChI is InChI=1S/C34H51N7O8S/c1-22(42)37-24(12-6-7-16-35)30(44)36-21-29(43)40-17-8-13-27(40)31(45)38-25(15-19-50-2)33(47)41-18-9-14-28(41)32(46)39-26(34(48)49)20-23-10-4-3-5-11-23/h3-5,10-11,24-28H,6-9,12-21,35H2,1-2H3,(H,36,44)(H,37,42)(H,38,45)(H,39,46)(H,48,49)/t24-,25-,26-,27-,28-/m0/s1. The van der Waals surface area contributed by atoms with Gasteiger partial charge < -0.3 is 41.9 Å². The number of likely N-dealkylation sites (tertiary alicyclic amines) is 2. The summed E-state index contributed by atoms with van der Waals surface area (Å²) < 4.78 is 0. The molecule has 5 atom stereocenters. The van der Waals surface area contributed by atoms with Crippen LogP contribution < -0.4 is 27.0 Å². The molecule has 16 heteroatoms. The summed E-state index contributed by atoms with van der Waals surface area (Å²) in [6.45, 7) is 1.96. The lowest BCUT2D eigenvalue weighted by atomic mass is 10.0. The van der Waals surface area contributed by atoms with Crippen LogP contribution in [0.2, 0.25) is 0 Å². The Balaban J connectivity index is 1.64. The third-order valence-corrected chi connectivity index (χ3v) is 9.54. The van der Waals surface area contributed by atoms with Gasteiger partial charge in [-0.25, -0.2) is 4.79 Å². The number of unbranched alkanes of at least 4 members (excludes halogenated alkanes) is 1. The number of carboxylic acids is 1. The van der Waals surface area contributed by atoms with Crippen LogP contribution in [-0.2, 0) is 40.0 Å². The van der Waals surface area contributed by atoms with Gasteiger partial charge in [-0.3, -0.25) is 28.8 Å². The molecule has 6 amide bonds. The van der Waals surface area contributed by atoms with E-state index in [2.05, 4.69) is 21.3 Å². The quantitative estimate of drug-likeness (QED) is 0.103. The van der Waals surface area contributed by atoms with Gasteiger partial charge in [-0.15, -0.1) is 0 Å². The van der Waals surface area contributed by atoms with E-state index in [1.54, 1.807) is 24.3 Å². The first kappa shape index (κ1) is 40.3. The van der Waals surface area contributed by atoms with Crippen LogP contribution >= 0.6 is 11.8 Å². The average Bonchev–Trinajstić information content (AvgIpc) is 3.79. The van der Waals surface area contributed by atoms with Crippen molar-refractivity contribution in [3.63, 3.8) is 0 Å². The Bertz CT molecular complexity index is 1350. The second-order valence-electron chi connectivity index (χ2n) is 12.6. The molecular weight excluding hydrogens is 666 g/mol. The Hall–Kier alpha value is -4.18. The van der Waals surface area contributed by atoms with Gasteiger partial charge in [-0.05, 0) is 75.5 Å². The molecule has 0 bridgehead atoms. The van der Waals surface area contributed by atoms with E-state index in [1.165, 1.54) is 28.5 Å². The van der Waals surface area contributed by atoms with E-state index in [4.69, 9.17) is 5.73 Å². The van der Waals surface area contributed by atoms with Crippen molar-refractivity contribution in [2.24, 2.45) is 5.73 Å². The van der Waals surface area contributed by atoms with Crippen molar-refractivity contribution in [3.8, 4) is 0 Å². The number of hydrogen-bond donors (Lipinski definition) is 6. The number of carboxylic acid groups (broad SMARTS) is 1. The largest absolute Gasteiger partial charge is 0.480 e. The van der Waals surface area contributed by atoms with E-state index in [0.29, 0.717) is 63.8 Å². The molecule has 0 aromatic heterocycles. The fourth-order valence-electron chi connectivity index (χ4n) is 6.31. The molecule has 1 aromatic rings. The molecule has 276 valence electrons. The Labute approximate surface area is 297 Å². The van der Waals surface area contributed by atoms with Crippen molar-refractivity contribution in [2.45, 2.75) is 94.9 Å². The molecule has 2 aliphatic rings. The van der Waals surface area contributed by atoms with Gasteiger partial charge in [0.05, 0.1) is 6.54 Å². The highest BCUT2D eigenvalue weighted by Crippen LogP contribution is 2.22. The number of carbonyl (C=O) groups excluding carboxylic acids is 6. The molecule has 50 heavy (non-hydrogen) atoms. The highest BCUT2D eigenvalue weighted by molar-refractivity contribution is 7.98. The van der Waals surface area contributed by atoms with E-state index >= 15 is 0 Å². The molecule has 1 aromatic carbocycles. The number of carbonyl (C=O) groups is 7. The second kappa shape index (κ2) is 20.5. The summed E-state index contributed by atoms with van der Waals surface area (Å²) in [6.07, 6.45) is 5.71. The first-order chi connectivity index (χ1) is 24.0.